The van der Waals surface area contributed by atoms with Crippen molar-refractivity contribution in [3.05, 3.63) is 35.9 Å². The molecule has 0 aliphatic carbocycles. The molecule has 3 amide bonds. The summed E-state index contributed by atoms with van der Waals surface area (Å²) in [6.45, 7) is 5.45. The van der Waals surface area contributed by atoms with Crippen LogP contribution in [0.5, 0.6) is 0 Å². The molecule has 0 bridgehead atoms. The molecule has 1 aliphatic heterocycles. The summed E-state index contributed by atoms with van der Waals surface area (Å²) in [5.74, 6) is -0.681. The first-order valence-corrected chi connectivity index (χ1v) is 7.13. The molecule has 1 aromatic rings. The van der Waals surface area contributed by atoms with E-state index in [2.05, 4.69) is 5.32 Å². The monoisotopic (exact) mass is 304 g/mol. The van der Waals surface area contributed by atoms with Crippen LogP contribution in [-0.4, -0.2) is 34.4 Å². The van der Waals surface area contributed by atoms with Crippen molar-refractivity contribution in [2.45, 2.75) is 45.4 Å². The van der Waals surface area contributed by atoms with Gasteiger partial charge in [-0.1, -0.05) is 30.3 Å². The maximum absolute atomic E-state index is 12.2. The second-order valence-corrected chi connectivity index (χ2v) is 6.20. The number of amides is 3. The third kappa shape index (κ3) is 3.63. The number of nitrogens with zero attached hydrogens (tertiary/aromatic N) is 1. The van der Waals surface area contributed by atoms with E-state index in [1.807, 2.05) is 30.3 Å². The third-order valence-electron chi connectivity index (χ3n) is 3.32. The van der Waals surface area contributed by atoms with Gasteiger partial charge >= 0.3 is 6.09 Å². The van der Waals surface area contributed by atoms with Gasteiger partial charge in [0.1, 0.15) is 12.6 Å². The van der Waals surface area contributed by atoms with E-state index in [-0.39, 0.29) is 18.9 Å². The summed E-state index contributed by atoms with van der Waals surface area (Å²) in [4.78, 5) is 37.1. The Morgan fingerprint density at radius 1 is 1.27 bits per heavy atom. The lowest BCUT2D eigenvalue weighted by Gasteiger charge is -2.30. The largest absolute Gasteiger partial charge is 0.445 e. The fourth-order valence-corrected chi connectivity index (χ4v) is 2.36. The van der Waals surface area contributed by atoms with Gasteiger partial charge < -0.3 is 10.1 Å². The standard InChI is InChI=1S/C16H20N2O4/c1-16(2,3)18-13(19)9-12(14(18)20)17-15(21)22-10-11-7-5-4-6-8-11/h4-8,12H,9-10H2,1-3H3,(H,17,21). The molecule has 1 atom stereocenters. The van der Waals surface area contributed by atoms with Crippen LogP contribution in [0.15, 0.2) is 30.3 Å². The molecule has 118 valence electrons. The summed E-state index contributed by atoms with van der Waals surface area (Å²) in [6.07, 6.45) is -0.734. The second kappa shape index (κ2) is 6.17. The van der Waals surface area contributed by atoms with Crippen LogP contribution in [0.1, 0.15) is 32.8 Å². The zero-order chi connectivity index (χ0) is 16.3. The van der Waals surface area contributed by atoms with Crippen molar-refractivity contribution < 1.29 is 19.1 Å². The average Bonchev–Trinajstić information content (AvgIpc) is 2.72. The van der Waals surface area contributed by atoms with Crippen molar-refractivity contribution in [1.29, 1.82) is 0 Å². The molecule has 1 unspecified atom stereocenters. The number of hydrogen-bond acceptors (Lipinski definition) is 4. The predicted octanol–water partition coefficient (Wildman–Crippen LogP) is 1.84. The van der Waals surface area contributed by atoms with Crippen LogP contribution in [0, 0.1) is 0 Å². The Morgan fingerprint density at radius 3 is 2.45 bits per heavy atom. The predicted molar refractivity (Wildman–Crippen MR) is 79.8 cm³/mol. The van der Waals surface area contributed by atoms with Gasteiger partial charge in [0.05, 0.1) is 6.42 Å². The number of carbonyl (C=O) groups is 3. The fraction of sp³-hybridized carbons (Fsp3) is 0.438. The number of carbonyl (C=O) groups excluding carboxylic acids is 3. The number of rotatable bonds is 3. The van der Waals surface area contributed by atoms with E-state index in [4.69, 9.17) is 4.74 Å². The van der Waals surface area contributed by atoms with Crippen molar-refractivity contribution in [2.75, 3.05) is 0 Å². The highest BCUT2D eigenvalue weighted by Gasteiger charge is 2.44. The minimum absolute atomic E-state index is 0.0312. The van der Waals surface area contributed by atoms with Crippen molar-refractivity contribution >= 4 is 17.9 Å². The molecule has 6 nitrogen and oxygen atoms in total. The minimum Gasteiger partial charge on any atom is -0.445 e. The fourth-order valence-electron chi connectivity index (χ4n) is 2.36. The topological polar surface area (TPSA) is 75.7 Å². The van der Waals surface area contributed by atoms with Crippen LogP contribution in [0.3, 0.4) is 0 Å². The summed E-state index contributed by atoms with van der Waals surface area (Å²) in [5.41, 5.74) is 0.251. The number of ether oxygens (including phenoxy) is 1. The first kappa shape index (κ1) is 16.0. The third-order valence-corrected chi connectivity index (χ3v) is 3.32. The number of benzene rings is 1. The van der Waals surface area contributed by atoms with E-state index in [1.165, 1.54) is 4.90 Å². The molecule has 1 aromatic carbocycles. The maximum atomic E-state index is 12.2. The molecular formula is C16H20N2O4. The van der Waals surface area contributed by atoms with E-state index >= 15 is 0 Å². The second-order valence-electron chi connectivity index (χ2n) is 6.20. The van der Waals surface area contributed by atoms with Crippen LogP contribution >= 0.6 is 0 Å². The Labute approximate surface area is 129 Å². The molecule has 6 heteroatoms. The number of likely N-dealkylation sites (tertiary alicyclic amines) is 1. The molecule has 22 heavy (non-hydrogen) atoms. The smallest absolute Gasteiger partial charge is 0.408 e. The van der Waals surface area contributed by atoms with Gasteiger partial charge in [-0.3, -0.25) is 14.5 Å². The van der Waals surface area contributed by atoms with E-state index in [1.54, 1.807) is 20.8 Å². The van der Waals surface area contributed by atoms with Gasteiger partial charge in [-0.15, -0.1) is 0 Å². The SMILES string of the molecule is CC(C)(C)N1C(=O)CC(NC(=O)OCc2ccccc2)C1=O. The molecule has 1 N–H and O–H groups in total. The molecule has 1 heterocycles. The van der Waals surface area contributed by atoms with E-state index < -0.39 is 23.6 Å². The maximum Gasteiger partial charge on any atom is 0.408 e. The van der Waals surface area contributed by atoms with Gasteiger partial charge in [-0.2, -0.15) is 0 Å². The summed E-state index contributed by atoms with van der Waals surface area (Å²) in [5, 5.41) is 2.46. The molecule has 0 aromatic heterocycles. The minimum atomic E-state index is -0.852. The Hall–Kier alpha value is -2.37. The summed E-state index contributed by atoms with van der Waals surface area (Å²) in [7, 11) is 0. The van der Waals surface area contributed by atoms with Crippen molar-refractivity contribution in [1.82, 2.24) is 10.2 Å². The summed E-state index contributed by atoms with van der Waals surface area (Å²) >= 11 is 0. The lowest BCUT2D eigenvalue weighted by atomic mass is 10.1. The van der Waals surface area contributed by atoms with Gasteiger partial charge in [-0.05, 0) is 26.3 Å². The van der Waals surface area contributed by atoms with Gasteiger partial charge in [-0.25, -0.2) is 4.79 Å². The van der Waals surface area contributed by atoms with E-state index in [9.17, 15) is 14.4 Å². The zero-order valence-corrected chi connectivity index (χ0v) is 13.0. The highest BCUT2D eigenvalue weighted by Crippen LogP contribution is 2.23. The van der Waals surface area contributed by atoms with Crippen LogP contribution < -0.4 is 5.32 Å². The van der Waals surface area contributed by atoms with Crippen molar-refractivity contribution in [3.63, 3.8) is 0 Å². The molecule has 0 spiro atoms. The average molecular weight is 304 g/mol. The van der Waals surface area contributed by atoms with Gasteiger partial charge in [0.15, 0.2) is 0 Å². The van der Waals surface area contributed by atoms with Gasteiger partial charge in [0.2, 0.25) is 5.91 Å². The Bertz CT molecular complexity index is 578. The lowest BCUT2D eigenvalue weighted by molar-refractivity contribution is -0.144. The number of nitrogens with one attached hydrogen (secondary N) is 1. The Morgan fingerprint density at radius 2 is 1.91 bits per heavy atom. The first-order chi connectivity index (χ1) is 10.3. The van der Waals surface area contributed by atoms with Crippen LogP contribution in [0.2, 0.25) is 0 Å². The molecule has 0 saturated carbocycles. The quantitative estimate of drug-likeness (QED) is 0.865. The van der Waals surface area contributed by atoms with Crippen molar-refractivity contribution in [2.24, 2.45) is 0 Å². The lowest BCUT2D eigenvalue weighted by Crippen LogP contribution is -2.49. The van der Waals surface area contributed by atoms with Gasteiger partial charge in [0.25, 0.3) is 5.91 Å². The zero-order valence-electron chi connectivity index (χ0n) is 13.0. The molecule has 2 rings (SSSR count). The molecule has 1 fully saturated rings. The Balaban J connectivity index is 1.90. The first-order valence-electron chi connectivity index (χ1n) is 7.13. The molecule has 1 aliphatic rings. The Kier molecular flexibility index (Phi) is 4.49. The van der Waals surface area contributed by atoms with E-state index in [0.29, 0.717) is 0 Å². The highest BCUT2D eigenvalue weighted by atomic mass is 16.5. The number of imide groups is 1. The van der Waals surface area contributed by atoms with Gasteiger partial charge in [0, 0.05) is 5.54 Å². The number of alkyl carbamates (subject to hydrolysis) is 1. The van der Waals surface area contributed by atoms with Crippen LogP contribution in [0.4, 0.5) is 4.79 Å². The van der Waals surface area contributed by atoms with Crippen molar-refractivity contribution in [3.8, 4) is 0 Å². The molecule has 0 radical (unpaired) electrons. The molecule has 1 saturated heterocycles. The summed E-state index contributed by atoms with van der Waals surface area (Å²) < 4.78 is 5.06. The normalized spacial score (nSPS) is 18.5. The highest BCUT2D eigenvalue weighted by molar-refractivity contribution is 6.07. The van der Waals surface area contributed by atoms with Crippen LogP contribution in [0.25, 0.3) is 0 Å². The summed E-state index contributed by atoms with van der Waals surface area (Å²) in [6, 6.07) is 8.37. The number of hydrogen-bond donors (Lipinski definition) is 1. The van der Waals surface area contributed by atoms with Crippen LogP contribution in [-0.2, 0) is 20.9 Å². The van der Waals surface area contributed by atoms with E-state index in [0.717, 1.165) is 5.56 Å². The molecular weight excluding hydrogens is 284 g/mol.